The van der Waals surface area contributed by atoms with Gasteiger partial charge in [0.2, 0.25) is 0 Å². The molecule has 0 saturated heterocycles. The number of rotatable bonds is 11. The van der Waals surface area contributed by atoms with Crippen LogP contribution in [0.15, 0.2) is 67.3 Å². The Bertz CT molecular complexity index is 1520. The number of thiazole rings is 3. The summed E-state index contributed by atoms with van der Waals surface area (Å²) in [6, 6.07) is 0. The molecule has 48 heavy (non-hydrogen) atoms. The number of carbonyl (C=O) groups is 1. The molecule has 0 aliphatic heterocycles. The Hall–Kier alpha value is -2.31. The molecule has 0 unspecified atom stereocenters. The highest BCUT2D eigenvalue weighted by Crippen LogP contribution is 2.25. The largest absolute Gasteiger partial charge is 0.388 e. The minimum atomic E-state index is -0.468. The van der Waals surface area contributed by atoms with E-state index in [0.29, 0.717) is 17.4 Å². The smallest absolute Gasteiger partial charge is 0.145 e. The molecule has 3 rings (SSSR count). The van der Waals surface area contributed by atoms with E-state index in [4.69, 9.17) is 0 Å². The zero-order valence-corrected chi connectivity index (χ0v) is 35.5. The molecular weight excluding hydrogens is 766 g/mol. The maximum atomic E-state index is 10.2. The Kier molecular flexibility index (Phi) is 24.4. The molecule has 1 N–H and O–H groups in total. The van der Waals surface area contributed by atoms with Crippen LogP contribution in [0.4, 0.5) is 0 Å². The molecule has 3 heterocycles. The van der Waals surface area contributed by atoms with Gasteiger partial charge in [0, 0.05) is 22.1 Å². The Morgan fingerprint density at radius 1 is 0.833 bits per heavy atom. The van der Waals surface area contributed by atoms with Crippen LogP contribution in [-0.4, -0.2) is 32.4 Å². The van der Waals surface area contributed by atoms with Crippen LogP contribution in [0.1, 0.15) is 101 Å². The number of aldehydes is 1. The van der Waals surface area contributed by atoms with Crippen LogP contribution in [-0.2, 0) is 4.79 Å². The molecule has 0 fully saturated rings. The number of hydrogen-bond acceptors (Lipinski definition) is 8. The van der Waals surface area contributed by atoms with E-state index in [1.807, 2.05) is 58.4 Å². The highest BCUT2D eigenvalue weighted by atomic mass is 127. The van der Waals surface area contributed by atoms with Crippen LogP contribution in [0.25, 0.3) is 18.2 Å². The lowest BCUT2D eigenvalue weighted by molar-refractivity contribution is -0.104. The lowest BCUT2D eigenvalue weighted by atomic mass is 9.89. The van der Waals surface area contributed by atoms with Crippen molar-refractivity contribution in [3.8, 4) is 0 Å². The molecule has 0 aliphatic carbocycles. The van der Waals surface area contributed by atoms with Crippen LogP contribution in [0.2, 0.25) is 0 Å². The zero-order valence-electron chi connectivity index (χ0n) is 30.9. The van der Waals surface area contributed by atoms with Crippen molar-refractivity contribution >= 4 is 81.1 Å². The maximum Gasteiger partial charge on any atom is 0.145 e. The van der Waals surface area contributed by atoms with Gasteiger partial charge in [-0.2, -0.15) is 0 Å². The third-order valence-corrected chi connectivity index (χ3v) is 9.76. The minimum absolute atomic E-state index is 0.0704. The molecule has 0 radical (unpaired) electrons. The normalized spacial score (nSPS) is 14.8. The zero-order chi connectivity index (χ0) is 36.8. The first-order valence-electron chi connectivity index (χ1n) is 16.1. The number of aryl methyl sites for hydroxylation is 3. The summed E-state index contributed by atoms with van der Waals surface area (Å²) >= 11 is 7.28. The van der Waals surface area contributed by atoms with Gasteiger partial charge in [-0.25, -0.2) is 15.0 Å². The molecule has 0 spiro atoms. The first kappa shape index (κ1) is 45.7. The topological polar surface area (TPSA) is 76.0 Å². The third-order valence-electron chi connectivity index (χ3n) is 7.03. The summed E-state index contributed by atoms with van der Waals surface area (Å²) in [5, 5.41) is 19.1. The van der Waals surface area contributed by atoms with Gasteiger partial charge in [-0.05, 0) is 129 Å². The number of aliphatic hydroxyl groups is 1. The molecule has 0 amide bonds. The molecule has 3 aromatic rings. The van der Waals surface area contributed by atoms with E-state index in [1.54, 1.807) is 53.1 Å². The summed E-state index contributed by atoms with van der Waals surface area (Å²) in [5.41, 5.74) is 5.92. The quantitative estimate of drug-likeness (QED) is 0.0902. The summed E-state index contributed by atoms with van der Waals surface area (Å²) in [6.07, 6.45) is 15.7. The maximum absolute atomic E-state index is 10.2. The molecule has 264 valence electrons. The van der Waals surface area contributed by atoms with Crippen molar-refractivity contribution in [2.24, 2.45) is 17.8 Å². The second-order valence-corrected chi connectivity index (χ2v) is 16.5. The number of nitrogens with zero attached hydrogens (tertiary/aromatic N) is 3. The number of hydrogen-bond donors (Lipinski definition) is 1. The monoisotopic (exact) mass is 821 g/mol. The second kappa shape index (κ2) is 25.6. The summed E-state index contributed by atoms with van der Waals surface area (Å²) in [4.78, 5) is 23.2. The van der Waals surface area contributed by atoms with E-state index < -0.39 is 6.10 Å². The summed E-state index contributed by atoms with van der Waals surface area (Å²) in [5.74, 6) is 1.20. The molecule has 0 aromatic carbocycles. The fraction of sp³-hybridized carbons (Fsp3) is 0.436. The van der Waals surface area contributed by atoms with E-state index in [9.17, 15) is 9.90 Å². The van der Waals surface area contributed by atoms with Gasteiger partial charge in [-0.15, -0.1) is 40.6 Å². The molecule has 4 atom stereocenters. The van der Waals surface area contributed by atoms with E-state index in [1.165, 1.54) is 9.15 Å². The van der Waals surface area contributed by atoms with Crippen molar-refractivity contribution in [3.05, 3.63) is 99.4 Å². The fourth-order valence-electron chi connectivity index (χ4n) is 3.99. The van der Waals surface area contributed by atoms with Gasteiger partial charge in [0.05, 0.1) is 38.2 Å². The van der Waals surface area contributed by atoms with E-state index in [0.717, 1.165) is 50.4 Å². The van der Waals surface area contributed by atoms with Crippen molar-refractivity contribution < 1.29 is 9.90 Å². The van der Waals surface area contributed by atoms with Crippen molar-refractivity contribution in [1.29, 1.82) is 0 Å². The summed E-state index contributed by atoms with van der Waals surface area (Å²) < 4.78 is 1.36. The molecule has 3 aromatic heterocycles. The predicted octanol–water partition coefficient (Wildman–Crippen LogP) is 12.5. The van der Waals surface area contributed by atoms with Gasteiger partial charge in [-0.1, -0.05) is 57.6 Å². The van der Waals surface area contributed by atoms with Gasteiger partial charge in [0.25, 0.3) is 0 Å². The standard InChI is InChI=1S/C14H20INS.C12H17NOS.C8H9NOS.C5H10/c1-9(6-11(3)15)12(4)10(2)7-14-8-17-13(5)16-14;1-5-8(2)12(14)9(3)6-11-7-15-10(4)13-11;1-6(4-10)3-8-5-11-7(2)9-8;1-3-5-4-2/h6-9,12H,1-5H3;5-8,12,14H,1H2,2-4H3;3-5H,1-2H3;3,5H,4H2,1-2H3/b10-7+,11-6-;9-6+;6-3+;5-3+/t9-,12-;8-,12-;;/m00../s1. The number of halogens is 1. The van der Waals surface area contributed by atoms with Crippen LogP contribution in [0.3, 0.4) is 0 Å². The molecule has 0 aliphatic rings. The molecular formula is C39H56IN3O2S3. The van der Waals surface area contributed by atoms with Gasteiger partial charge in [0.1, 0.15) is 6.29 Å². The third kappa shape index (κ3) is 20.3. The number of allylic oxidation sites excluding steroid dienone is 6. The van der Waals surface area contributed by atoms with Gasteiger partial charge >= 0.3 is 0 Å². The van der Waals surface area contributed by atoms with E-state index in [-0.39, 0.29) is 5.92 Å². The van der Waals surface area contributed by atoms with E-state index >= 15 is 0 Å². The van der Waals surface area contributed by atoms with Crippen molar-refractivity contribution in [2.75, 3.05) is 0 Å². The van der Waals surface area contributed by atoms with Crippen molar-refractivity contribution in [3.63, 3.8) is 0 Å². The average molecular weight is 822 g/mol. The fourth-order valence-corrected chi connectivity index (χ4v) is 6.27. The number of carbonyl (C=O) groups excluding carboxylic acids is 1. The van der Waals surface area contributed by atoms with Gasteiger partial charge < -0.3 is 5.11 Å². The first-order valence-corrected chi connectivity index (χ1v) is 19.8. The van der Waals surface area contributed by atoms with E-state index in [2.05, 4.69) is 108 Å². The van der Waals surface area contributed by atoms with Crippen molar-refractivity contribution in [2.45, 2.75) is 95.6 Å². The Morgan fingerprint density at radius 3 is 1.58 bits per heavy atom. The average Bonchev–Trinajstić information content (AvgIpc) is 3.77. The minimum Gasteiger partial charge on any atom is -0.388 e. The van der Waals surface area contributed by atoms with Gasteiger partial charge in [0.15, 0.2) is 0 Å². The lowest BCUT2D eigenvalue weighted by Crippen LogP contribution is -2.16. The summed E-state index contributed by atoms with van der Waals surface area (Å²) in [6.45, 7) is 28.3. The van der Waals surface area contributed by atoms with Crippen LogP contribution >= 0.6 is 56.6 Å². The van der Waals surface area contributed by atoms with Crippen molar-refractivity contribution in [1.82, 2.24) is 15.0 Å². The highest BCUT2D eigenvalue weighted by Gasteiger charge is 2.13. The molecule has 9 heteroatoms. The van der Waals surface area contributed by atoms with Crippen LogP contribution in [0, 0.1) is 38.5 Å². The second-order valence-electron chi connectivity index (χ2n) is 11.6. The van der Waals surface area contributed by atoms with Crippen LogP contribution in [0.5, 0.6) is 0 Å². The molecule has 0 bridgehead atoms. The lowest BCUT2D eigenvalue weighted by Gasteiger charge is -2.17. The van der Waals surface area contributed by atoms with Gasteiger partial charge in [-0.3, -0.25) is 4.79 Å². The Balaban J connectivity index is 0.000000655. The van der Waals surface area contributed by atoms with Crippen LogP contribution < -0.4 is 0 Å². The number of aliphatic hydroxyl groups excluding tert-OH is 1. The highest BCUT2D eigenvalue weighted by molar-refractivity contribution is 14.1. The Morgan fingerprint density at radius 2 is 1.27 bits per heavy atom. The SMILES string of the molecule is C/C(C=O)=C\c1csc(C)n1.C/C(I)=C/[C@H](C)[C@H](C)/C(C)=C/c1csc(C)n1.C/C=C/CC.C=C[C@H](C)[C@H](O)/C(C)=C/c1csc(C)n1. The predicted molar refractivity (Wildman–Crippen MR) is 224 cm³/mol. The molecule has 5 nitrogen and oxygen atoms in total. The molecule has 0 saturated carbocycles. The number of aromatic nitrogens is 3. The summed E-state index contributed by atoms with van der Waals surface area (Å²) in [7, 11) is 0. The first-order chi connectivity index (χ1) is 22.6. The Labute approximate surface area is 316 Å².